The number of allylic oxidation sites excluding steroid dienone is 4. The molecule has 8 rings (SSSR count). The van der Waals surface area contributed by atoms with Crippen molar-refractivity contribution in [2.75, 3.05) is 0 Å². The van der Waals surface area contributed by atoms with E-state index >= 15 is 0 Å². The summed E-state index contributed by atoms with van der Waals surface area (Å²) in [5.74, 6) is 0. The van der Waals surface area contributed by atoms with Crippen LogP contribution in [-0.2, 0) is 6.54 Å². The normalized spacial score (nSPS) is 14.6. The molecule has 1 aliphatic carbocycles. The fourth-order valence-corrected chi connectivity index (χ4v) is 7.04. The zero-order valence-corrected chi connectivity index (χ0v) is 26.2. The lowest BCUT2D eigenvalue weighted by Crippen LogP contribution is -2.31. The summed E-state index contributed by atoms with van der Waals surface area (Å²) in [6.45, 7) is 4.34. The van der Waals surface area contributed by atoms with E-state index in [1.807, 2.05) is 0 Å². The molecule has 0 atom stereocenters. The van der Waals surface area contributed by atoms with Gasteiger partial charge in [0.2, 0.25) is 0 Å². The quantitative estimate of drug-likeness (QED) is 0.155. The van der Waals surface area contributed by atoms with Crippen molar-refractivity contribution < 1.29 is 0 Å². The molecule has 0 heterocycles. The zero-order chi connectivity index (χ0) is 31.7. The Kier molecular flexibility index (Phi) is 7.32. The van der Waals surface area contributed by atoms with Crippen LogP contribution in [0.5, 0.6) is 0 Å². The average molecular weight is 603 g/mol. The molecule has 0 saturated heterocycles. The number of benzene rings is 7. The molecule has 0 radical (unpaired) electrons. The molecule has 0 aromatic heterocycles. The van der Waals surface area contributed by atoms with Crippen LogP contribution in [0.25, 0.3) is 65.8 Å². The second-order valence-corrected chi connectivity index (χ2v) is 12.2. The van der Waals surface area contributed by atoms with Crippen LogP contribution in [0.2, 0.25) is 0 Å². The topological polar surface area (TPSA) is 38.4 Å². The Balaban J connectivity index is 1.23. The van der Waals surface area contributed by atoms with Crippen LogP contribution in [0.1, 0.15) is 17.5 Å². The van der Waals surface area contributed by atoms with Gasteiger partial charge in [-0.1, -0.05) is 133 Å². The molecule has 0 unspecified atom stereocenters. The summed E-state index contributed by atoms with van der Waals surface area (Å²) in [5, 5.41) is 9.90. The minimum Gasteiger partial charge on any atom is -0.398 e. The van der Waals surface area contributed by atoms with E-state index in [9.17, 15) is 0 Å². The van der Waals surface area contributed by atoms with Crippen LogP contribution < -0.4 is 16.2 Å². The predicted molar refractivity (Wildman–Crippen MR) is 202 cm³/mol. The molecule has 7 aromatic rings. The number of hydrogen-bond donors (Lipinski definition) is 1. The SMILES string of the molecule is C=NCc1cc(-c2ccc(/C(N)=c3\cccc\c3=C3/C=CC=CC3)cc2)cc(-c2ccc3c4ccccc4c4ccccc4c3c2)c1. The Bertz CT molecular complexity index is 2500. The summed E-state index contributed by atoms with van der Waals surface area (Å²) in [4.78, 5) is 4.24. The Labute approximate surface area is 274 Å². The Morgan fingerprint density at radius 3 is 1.83 bits per heavy atom. The van der Waals surface area contributed by atoms with Gasteiger partial charge < -0.3 is 5.73 Å². The number of aliphatic imine (C=N–C) groups is 1. The third kappa shape index (κ3) is 5.24. The second-order valence-electron chi connectivity index (χ2n) is 12.2. The van der Waals surface area contributed by atoms with Gasteiger partial charge in [-0.05, 0) is 114 Å². The van der Waals surface area contributed by atoms with Crippen LogP contribution >= 0.6 is 0 Å². The van der Waals surface area contributed by atoms with Crippen LogP contribution in [0, 0.1) is 0 Å². The first kappa shape index (κ1) is 28.5. The van der Waals surface area contributed by atoms with Crippen molar-refractivity contribution in [3.8, 4) is 22.3 Å². The number of nitrogens with zero attached hydrogens (tertiary/aromatic N) is 1. The molecule has 0 fully saturated rings. The Hall–Kier alpha value is -5.99. The van der Waals surface area contributed by atoms with E-state index in [0.29, 0.717) is 6.54 Å². The van der Waals surface area contributed by atoms with Crippen molar-refractivity contribution in [2.45, 2.75) is 13.0 Å². The molecule has 7 aromatic carbocycles. The van der Waals surface area contributed by atoms with E-state index in [1.165, 1.54) is 48.7 Å². The van der Waals surface area contributed by atoms with E-state index in [2.05, 4.69) is 169 Å². The molecular formula is C45H34N2. The first-order valence-electron chi connectivity index (χ1n) is 16.1. The van der Waals surface area contributed by atoms with Crippen LogP contribution in [0.15, 0.2) is 163 Å². The summed E-state index contributed by atoms with van der Waals surface area (Å²) in [6, 6.07) is 48.1. The minimum absolute atomic E-state index is 0.556. The summed E-state index contributed by atoms with van der Waals surface area (Å²) >= 11 is 0. The average Bonchev–Trinajstić information content (AvgIpc) is 3.15. The predicted octanol–water partition coefficient (Wildman–Crippen LogP) is 9.46. The van der Waals surface area contributed by atoms with Gasteiger partial charge in [0, 0.05) is 10.9 Å². The number of rotatable bonds is 5. The van der Waals surface area contributed by atoms with Gasteiger partial charge in [0.25, 0.3) is 0 Å². The third-order valence-electron chi connectivity index (χ3n) is 9.34. The van der Waals surface area contributed by atoms with E-state index in [4.69, 9.17) is 5.73 Å². The van der Waals surface area contributed by atoms with Gasteiger partial charge in [0.15, 0.2) is 0 Å². The van der Waals surface area contributed by atoms with E-state index in [-0.39, 0.29) is 0 Å². The highest BCUT2D eigenvalue weighted by Crippen LogP contribution is 2.38. The summed E-state index contributed by atoms with van der Waals surface area (Å²) in [5.41, 5.74) is 15.7. The van der Waals surface area contributed by atoms with Gasteiger partial charge in [-0.15, -0.1) is 0 Å². The van der Waals surface area contributed by atoms with Crippen LogP contribution in [0.4, 0.5) is 0 Å². The molecule has 47 heavy (non-hydrogen) atoms. The lowest BCUT2D eigenvalue weighted by Gasteiger charge is -2.14. The van der Waals surface area contributed by atoms with Gasteiger partial charge in [-0.2, -0.15) is 0 Å². The largest absolute Gasteiger partial charge is 0.398 e. The minimum atomic E-state index is 0.556. The maximum absolute atomic E-state index is 6.84. The van der Waals surface area contributed by atoms with Crippen LogP contribution in [-0.4, -0.2) is 6.72 Å². The standard InChI is InChI=1S/C45H34N2/c1-47-29-30-25-35(31-19-21-33(22-20-31)45(46)43-18-10-5-13-37(43)32-11-3-2-4-12-32)27-36(26-30)34-23-24-42-40-16-7-6-14-38(40)39-15-8-9-17-41(39)44(42)28-34/h2-11,13-28H,1,12,29,46H2/b37-32-,45-43-. The number of fused-ring (bicyclic) bond motifs is 6. The van der Waals surface area contributed by atoms with Crippen LogP contribution in [0.3, 0.4) is 0 Å². The zero-order valence-electron chi connectivity index (χ0n) is 26.2. The summed E-state index contributed by atoms with van der Waals surface area (Å²) < 4.78 is 0. The van der Waals surface area contributed by atoms with Gasteiger partial charge >= 0.3 is 0 Å². The second kappa shape index (κ2) is 12.1. The molecule has 2 nitrogen and oxygen atoms in total. The van der Waals surface area contributed by atoms with Crippen molar-refractivity contribution >= 4 is 50.3 Å². The number of nitrogens with two attached hydrogens (primary N) is 1. The molecule has 1 aliphatic rings. The van der Waals surface area contributed by atoms with Crippen molar-refractivity contribution in [1.82, 2.24) is 0 Å². The monoisotopic (exact) mass is 602 g/mol. The lowest BCUT2D eigenvalue weighted by molar-refractivity contribution is 1.08. The highest BCUT2D eigenvalue weighted by atomic mass is 14.7. The molecule has 0 bridgehead atoms. The van der Waals surface area contributed by atoms with Crippen molar-refractivity contribution in [3.05, 3.63) is 179 Å². The first-order valence-corrected chi connectivity index (χ1v) is 16.1. The van der Waals surface area contributed by atoms with E-state index in [0.717, 1.165) is 45.2 Å². The highest BCUT2D eigenvalue weighted by molar-refractivity contribution is 6.25. The maximum atomic E-state index is 6.84. The third-order valence-corrected chi connectivity index (χ3v) is 9.34. The molecule has 0 amide bonds. The van der Waals surface area contributed by atoms with Gasteiger partial charge in [-0.3, -0.25) is 4.99 Å². The molecule has 2 N–H and O–H groups in total. The Morgan fingerprint density at radius 2 is 1.17 bits per heavy atom. The van der Waals surface area contributed by atoms with E-state index in [1.54, 1.807) is 0 Å². The van der Waals surface area contributed by atoms with Gasteiger partial charge in [0.05, 0.1) is 6.54 Å². The first-order chi connectivity index (χ1) is 23.2. The van der Waals surface area contributed by atoms with Gasteiger partial charge in [-0.25, -0.2) is 0 Å². The highest BCUT2D eigenvalue weighted by Gasteiger charge is 2.12. The fraction of sp³-hybridized carbons (Fsp3) is 0.0444. The molecular weight excluding hydrogens is 569 g/mol. The number of hydrogen-bond acceptors (Lipinski definition) is 2. The molecule has 224 valence electrons. The Morgan fingerprint density at radius 1 is 0.574 bits per heavy atom. The van der Waals surface area contributed by atoms with E-state index < -0.39 is 0 Å². The van der Waals surface area contributed by atoms with Crippen molar-refractivity contribution in [3.63, 3.8) is 0 Å². The summed E-state index contributed by atoms with van der Waals surface area (Å²) in [7, 11) is 0. The summed E-state index contributed by atoms with van der Waals surface area (Å²) in [6.07, 6.45) is 9.45. The smallest absolute Gasteiger partial charge is 0.0632 e. The maximum Gasteiger partial charge on any atom is 0.0632 e. The molecule has 0 aliphatic heterocycles. The molecule has 0 saturated carbocycles. The fourth-order valence-electron chi connectivity index (χ4n) is 7.04. The molecule has 0 spiro atoms. The van der Waals surface area contributed by atoms with Gasteiger partial charge in [0.1, 0.15) is 0 Å². The van der Waals surface area contributed by atoms with Crippen molar-refractivity contribution in [1.29, 1.82) is 0 Å². The molecule has 2 heteroatoms. The lowest BCUT2D eigenvalue weighted by atomic mass is 9.90. The van der Waals surface area contributed by atoms with Crippen molar-refractivity contribution in [2.24, 2.45) is 10.7 Å².